The van der Waals surface area contributed by atoms with Crippen molar-refractivity contribution in [3.05, 3.63) is 42.7 Å². The molecule has 0 saturated heterocycles. The van der Waals surface area contributed by atoms with Crippen LogP contribution in [0, 0.1) is 0 Å². The van der Waals surface area contributed by atoms with Crippen LogP contribution in [0.15, 0.2) is 47.6 Å². The number of carbonyl (C=O) groups is 2. The molecule has 1 amide bonds. The fourth-order valence-corrected chi connectivity index (χ4v) is 3.32. The molecule has 0 spiro atoms. The van der Waals surface area contributed by atoms with Gasteiger partial charge >= 0.3 is 17.8 Å². The Hall–Kier alpha value is -3.42. The van der Waals surface area contributed by atoms with Crippen LogP contribution in [0.3, 0.4) is 0 Å². The molecule has 0 aliphatic carbocycles. The van der Waals surface area contributed by atoms with Crippen molar-refractivity contribution in [1.29, 1.82) is 0 Å². The van der Waals surface area contributed by atoms with Gasteiger partial charge in [-0.05, 0) is 37.3 Å². The monoisotopic (exact) mass is 461 g/mol. The zero-order chi connectivity index (χ0) is 23.3. The summed E-state index contributed by atoms with van der Waals surface area (Å²) in [7, 11) is -4.13. The van der Waals surface area contributed by atoms with Gasteiger partial charge < -0.3 is 15.4 Å². The topological polar surface area (TPSA) is 139 Å². The van der Waals surface area contributed by atoms with Crippen LogP contribution in [0.5, 0.6) is 0 Å². The van der Waals surface area contributed by atoms with E-state index < -0.39 is 33.7 Å². The fraction of sp³-hybridized carbons (Fsp3) is 0.294. The Balaban J connectivity index is 2.36. The van der Waals surface area contributed by atoms with E-state index in [1.165, 1.54) is 25.4 Å². The van der Waals surface area contributed by atoms with Crippen molar-refractivity contribution in [2.75, 3.05) is 16.6 Å². The molecule has 0 unspecified atom stereocenters. The number of hydrogen-bond donors (Lipinski definition) is 3. The summed E-state index contributed by atoms with van der Waals surface area (Å²) in [4.78, 5) is 30.7. The molecule has 1 atom stereocenters. The maximum atomic E-state index is 13.8. The minimum atomic E-state index is -5.29. The SMILES string of the molecule is CCOC(=O)[C@](NC(C)=O)(Nc1ccc(S(=O)(=O)Nc2ncccn2)cc1)C(F)(F)F. The molecule has 2 aromatic rings. The van der Waals surface area contributed by atoms with Crippen molar-refractivity contribution in [1.82, 2.24) is 15.3 Å². The summed E-state index contributed by atoms with van der Waals surface area (Å²) < 4.78 is 72.8. The van der Waals surface area contributed by atoms with E-state index in [4.69, 9.17) is 0 Å². The predicted molar refractivity (Wildman–Crippen MR) is 102 cm³/mol. The van der Waals surface area contributed by atoms with Gasteiger partial charge in [-0.3, -0.25) is 4.79 Å². The highest BCUT2D eigenvalue weighted by molar-refractivity contribution is 7.92. The van der Waals surface area contributed by atoms with Crippen LogP contribution in [0.2, 0.25) is 0 Å². The van der Waals surface area contributed by atoms with Crippen LogP contribution in [-0.4, -0.2) is 48.7 Å². The second-order valence-electron chi connectivity index (χ2n) is 5.98. The molecule has 14 heteroatoms. The molecule has 1 aromatic heterocycles. The van der Waals surface area contributed by atoms with Crippen LogP contribution < -0.4 is 15.4 Å². The molecule has 10 nitrogen and oxygen atoms in total. The number of halogens is 3. The van der Waals surface area contributed by atoms with E-state index in [0.29, 0.717) is 0 Å². The summed E-state index contributed by atoms with van der Waals surface area (Å²) in [6.45, 7) is 1.73. The van der Waals surface area contributed by atoms with Crippen molar-refractivity contribution >= 4 is 33.5 Å². The van der Waals surface area contributed by atoms with E-state index in [-0.39, 0.29) is 23.1 Å². The van der Waals surface area contributed by atoms with Crippen molar-refractivity contribution < 1.29 is 35.9 Å². The first-order valence-corrected chi connectivity index (χ1v) is 10.1. The third kappa shape index (κ3) is 5.59. The lowest BCUT2D eigenvalue weighted by Gasteiger charge is -2.35. The largest absolute Gasteiger partial charge is 0.463 e. The Bertz CT molecular complexity index is 1030. The molecule has 0 aliphatic rings. The normalized spacial score (nSPS) is 13.6. The van der Waals surface area contributed by atoms with Crippen molar-refractivity contribution in [2.45, 2.75) is 30.6 Å². The Morgan fingerprint density at radius 2 is 1.68 bits per heavy atom. The Labute approximate surface area is 175 Å². The highest BCUT2D eigenvalue weighted by Crippen LogP contribution is 2.33. The van der Waals surface area contributed by atoms with Crippen LogP contribution in [0.1, 0.15) is 13.8 Å². The van der Waals surface area contributed by atoms with Gasteiger partial charge in [0.15, 0.2) is 0 Å². The lowest BCUT2D eigenvalue weighted by atomic mass is 10.1. The molecule has 0 saturated carbocycles. The van der Waals surface area contributed by atoms with E-state index in [2.05, 4.69) is 19.4 Å². The molecule has 0 radical (unpaired) electrons. The van der Waals surface area contributed by atoms with Gasteiger partial charge in [-0.15, -0.1) is 0 Å². The van der Waals surface area contributed by atoms with Crippen LogP contribution in [0.4, 0.5) is 24.8 Å². The van der Waals surface area contributed by atoms with Crippen molar-refractivity contribution in [3.63, 3.8) is 0 Å². The van der Waals surface area contributed by atoms with Gasteiger partial charge in [0.2, 0.25) is 11.9 Å². The number of benzene rings is 1. The molecule has 0 fully saturated rings. The summed E-state index contributed by atoms with van der Waals surface area (Å²) in [6, 6.07) is 5.44. The molecular weight excluding hydrogens is 443 g/mol. The lowest BCUT2D eigenvalue weighted by molar-refractivity contribution is -0.207. The van der Waals surface area contributed by atoms with Crippen LogP contribution in [-0.2, 0) is 24.3 Å². The summed E-state index contributed by atoms with van der Waals surface area (Å²) in [5.74, 6) is -3.13. The summed E-state index contributed by atoms with van der Waals surface area (Å²) in [5, 5.41) is 3.45. The number of hydrogen-bond acceptors (Lipinski definition) is 8. The number of ether oxygens (including phenoxy) is 1. The number of rotatable bonds is 8. The summed E-state index contributed by atoms with van der Waals surface area (Å²) >= 11 is 0. The maximum absolute atomic E-state index is 13.8. The van der Waals surface area contributed by atoms with Gasteiger partial charge in [-0.2, -0.15) is 13.2 Å². The quantitative estimate of drug-likeness (QED) is 0.398. The van der Waals surface area contributed by atoms with Crippen molar-refractivity contribution in [2.24, 2.45) is 0 Å². The first-order valence-electron chi connectivity index (χ1n) is 8.62. The molecule has 1 heterocycles. The summed E-state index contributed by atoms with van der Waals surface area (Å²) in [5.41, 5.74) is -3.89. The third-order valence-corrected chi connectivity index (χ3v) is 5.00. The zero-order valence-corrected chi connectivity index (χ0v) is 17.0. The Morgan fingerprint density at radius 3 is 2.16 bits per heavy atom. The van der Waals surface area contributed by atoms with Gasteiger partial charge in [-0.1, -0.05) is 0 Å². The van der Waals surface area contributed by atoms with Crippen LogP contribution in [0.25, 0.3) is 0 Å². The highest BCUT2D eigenvalue weighted by Gasteiger charge is 2.63. The molecule has 2 rings (SSSR count). The molecule has 31 heavy (non-hydrogen) atoms. The first kappa shape index (κ1) is 23.9. The molecule has 0 bridgehead atoms. The number of esters is 1. The number of nitrogens with zero attached hydrogens (tertiary/aromatic N) is 2. The molecule has 3 N–H and O–H groups in total. The zero-order valence-electron chi connectivity index (χ0n) is 16.2. The minimum absolute atomic E-state index is 0.200. The van der Waals surface area contributed by atoms with E-state index in [9.17, 15) is 31.2 Å². The standard InChI is InChI=1S/C17H18F3N5O5S/c1-3-30-14(27)16(17(18,19)20,23-11(2)26)24-12-5-7-13(8-6-12)31(28,29)25-15-21-9-4-10-22-15/h4-10,24H,3H2,1-2H3,(H,23,26)(H,21,22,25)/t16-/m0/s1. The number of carbonyl (C=O) groups excluding carboxylic acids is 2. The van der Waals surface area contributed by atoms with Crippen molar-refractivity contribution in [3.8, 4) is 0 Å². The number of aromatic nitrogens is 2. The second kappa shape index (κ2) is 9.16. The number of sulfonamides is 1. The van der Waals surface area contributed by atoms with E-state index in [1.54, 1.807) is 5.32 Å². The molecule has 1 aromatic carbocycles. The molecular formula is C17H18F3N5O5S. The smallest absolute Gasteiger partial charge is 0.441 e. The van der Waals surface area contributed by atoms with Crippen LogP contribution >= 0.6 is 0 Å². The number of alkyl halides is 3. The summed E-state index contributed by atoms with van der Waals surface area (Å²) in [6.07, 6.45) is -2.67. The first-order chi connectivity index (χ1) is 14.4. The number of nitrogens with one attached hydrogen (secondary N) is 3. The predicted octanol–water partition coefficient (Wildman–Crippen LogP) is 1.65. The number of amides is 1. The Kier molecular flexibility index (Phi) is 7.05. The van der Waals surface area contributed by atoms with Gasteiger partial charge in [0.05, 0.1) is 11.5 Å². The van der Waals surface area contributed by atoms with Gasteiger partial charge in [0.25, 0.3) is 10.0 Å². The minimum Gasteiger partial charge on any atom is -0.463 e. The van der Waals surface area contributed by atoms with Gasteiger partial charge in [0, 0.05) is 25.0 Å². The average Bonchev–Trinajstić information content (AvgIpc) is 2.67. The third-order valence-electron chi connectivity index (χ3n) is 3.66. The van der Waals surface area contributed by atoms with Gasteiger partial charge in [0.1, 0.15) is 0 Å². The number of anilines is 2. The van der Waals surface area contributed by atoms with E-state index in [1.807, 2.05) is 5.32 Å². The average molecular weight is 461 g/mol. The lowest BCUT2D eigenvalue weighted by Crippen LogP contribution is -2.69. The van der Waals surface area contributed by atoms with Gasteiger partial charge in [-0.25, -0.2) is 27.9 Å². The molecule has 0 aliphatic heterocycles. The highest BCUT2D eigenvalue weighted by atomic mass is 32.2. The van der Waals surface area contributed by atoms with E-state index >= 15 is 0 Å². The second-order valence-corrected chi connectivity index (χ2v) is 7.66. The molecule has 168 valence electrons. The fourth-order valence-electron chi connectivity index (χ4n) is 2.36. The van der Waals surface area contributed by atoms with E-state index in [0.717, 1.165) is 31.2 Å². The maximum Gasteiger partial charge on any atom is 0.441 e. The Morgan fingerprint density at radius 1 is 1.10 bits per heavy atom.